The molecule has 0 saturated heterocycles. The molecule has 0 aliphatic carbocycles. The fourth-order valence-corrected chi connectivity index (χ4v) is 3.92. The molecule has 6 heteroatoms. The van der Waals surface area contributed by atoms with Gasteiger partial charge in [-0.25, -0.2) is 0 Å². The van der Waals surface area contributed by atoms with E-state index >= 15 is 0 Å². The van der Waals surface area contributed by atoms with Crippen molar-refractivity contribution in [2.75, 3.05) is 27.4 Å². The third kappa shape index (κ3) is 8.23. The third-order valence-corrected chi connectivity index (χ3v) is 5.91. The van der Waals surface area contributed by atoms with Gasteiger partial charge in [0.25, 0.3) is 0 Å². The Morgan fingerprint density at radius 1 is 0.706 bits per heavy atom. The van der Waals surface area contributed by atoms with Gasteiger partial charge < -0.3 is 18.9 Å². The van der Waals surface area contributed by atoms with Crippen LogP contribution in [0.1, 0.15) is 78.1 Å². The minimum atomic E-state index is 0.481. The summed E-state index contributed by atoms with van der Waals surface area (Å²) in [6.45, 7) is 5.64. The van der Waals surface area contributed by atoms with Crippen LogP contribution in [0.25, 0.3) is 11.1 Å². The molecule has 0 aliphatic heterocycles. The Morgan fingerprint density at radius 2 is 1.29 bits per heavy atom. The Balaban J connectivity index is 2.33. The molecule has 188 valence electrons. The molecule has 2 N–H and O–H groups in total. The maximum absolute atomic E-state index is 6.29. The number of nitrogens with two attached hydrogens (primary N) is 1. The van der Waals surface area contributed by atoms with Crippen molar-refractivity contribution in [3.63, 3.8) is 0 Å². The molecule has 0 atom stereocenters. The SMILES string of the molecule is CCCCCCCOc1cc(-c2ccc(OC)cc2)c(OCCCCCCC)c(OC)c1N=[NH2+]. The highest BCUT2D eigenvalue weighted by molar-refractivity contribution is 5.82. The fourth-order valence-electron chi connectivity index (χ4n) is 3.92. The second kappa shape index (κ2) is 16.0. The first-order valence-corrected chi connectivity index (χ1v) is 12.8. The molecular weight excluding hydrogens is 428 g/mol. The highest BCUT2D eigenvalue weighted by Gasteiger charge is 2.24. The van der Waals surface area contributed by atoms with Gasteiger partial charge in [0.05, 0.1) is 27.4 Å². The summed E-state index contributed by atoms with van der Waals surface area (Å²) in [4.78, 5) is 0. The number of ether oxygens (including phenoxy) is 4. The van der Waals surface area contributed by atoms with Crippen LogP contribution < -0.4 is 24.5 Å². The van der Waals surface area contributed by atoms with Crippen molar-refractivity contribution < 1.29 is 24.5 Å². The summed E-state index contributed by atoms with van der Waals surface area (Å²) in [6, 6.07) is 9.86. The van der Waals surface area contributed by atoms with E-state index in [0.29, 0.717) is 36.1 Å². The molecule has 0 spiro atoms. The van der Waals surface area contributed by atoms with Gasteiger partial charge in [0.1, 0.15) is 5.75 Å². The summed E-state index contributed by atoms with van der Waals surface area (Å²) in [5.74, 6) is 2.55. The topological polar surface area (TPSA) is 74.9 Å². The molecule has 0 amide bonds. The molecule has 2 aromatic carbocycles. The molecular formula is C28H43N2O4+. The van der Waals surface area contributed by atoms with E-state index in [1.807, 2.05) is 30.3 Å². The lowest BCUT2D eigenvalue weighted by Crippen LogP contribution is -2.22. The second-order valence-electron chi connectivity index (χ2n) is 8.52. The number of methoxy groups -OCH3 is 2. The lowest BCUT2D eigenvalue weighted by molar-refractivity contribution is -0.210. The summed E-state index contributed by atoms with van der Waals surface area (Å²) in [5, 5.41) is 4.01. The largest absolute Gasteiger partial charge is 0.497 e. The Hall–Kier alpha value is -2.76. The van der Waals surface area contributed by atoms with E-state index in [4.69, 9.17) is 24.5 Å². The maximum Gasteiger partial charge on any atom is 0.217 e. The lowest BCUT2D eigenvalue weighted by Gasteiger charge is -2.19. The van der Waals surface area contributed by atoms with Crippen LogP contribution in [0.4, 0.5) is 5.69 Å². The van der Waals surface area contributed by atoms with E-state index in [2.05, 4.69) is 19.0 Å². The first kappa shape index (κ1) is 27.5. The summed E-state index contributed by atoms with van der Waals surface area (Å²) in [6.07, 6.45) is 11.6. The number of hydrogen-bond donors (Lipinski definition) is 1. The van der Waals surface area contributed by atoms with Crippen molar-refractivity contribution in [3.05, 3.63) is 30.3 Å². The Kier molecular flexibility index (Phi) is 12.9. The van der Waals surface area contributed by atoms with Gasteiger partial charge in [-0.2, -0.15) is 5.53 Å². The van der Waals surface area contributed by atoms with Crippen LogP contribution in [-0.4, -0.2) is 27.4 Å². The Labute approximate surface area is 205 Å². The quantitative estimate of drug-likeness (QED) is 0.189. The van der Waals surface area contributed by atoms with Gasteiger partial charge >= 0.3 is 0 Å². The number of rotatable bonds is 18. The molecule has 2 rings (SSSR count). The van der Waals surface area contributed by atoms with Crippen LogP contribution in [0.15, 0.2) is 35.4 Å². The van der Waals surface area contributed by atoms with Crippen LogP contribution >= 0.6 is 0 Å². The van der Waals surface area contributed by atoms with E-state index in [1.165, 1.54) is 38.5 Å². The number of unbranched alkanes of at least 4 members (excludes halogenated alkanes) is 8. The van der Waals surface area contributed by atoms with Gasteiger partial charge in [0, 0.05) is 5.56 Å². The van der Waals surface area contributed by atoms with Gasteiger partial charge in [-0.05, 0) is 41.7 Å². The van der Waals surface area contributed by atoms with Crippen molar-refractivity contribution in [2.24, 2.45) is 5.11 Å². The minimum absolute atomic E-state index is 0.481. The number of benzene rings is 2. The van der Waals surface area contributed by atoms with Gasteiger partial charge in [0.2, 0.25) is 5.69 Å². The Morgan fingerprint density at radius 3 is 1.82 bits per heavy atom. The zero-order chi connectivity index (χ0) is 24.6. The van der Waals surface area contributed by atoms with Gasteiger partial charge in [-0.1, -0.05) is 77.3 Å². The molecule has 2 aromatic rings. The van der Waals surface area contributed by atoms with Crippen molar-refractivity contribution >= 4 is 5.69 Å². The molecule has 0 radical (unpaired) electrons. The molecule has 0 heterocycles. The van der Waals surface area contributed by atoms with Gasteiger partial charge in [-0.15, -0.1) is 0 Å². The highest BCUT2D eigenvalue weighted by atomic mass is 16.5. The molecule has 0 aliphatic rings. The van der Waals surface area contributed by atoms with Gasteiger partial charge in [-0.3, -0.25) is 0 Å². The van der Waals surface area contributed by atoms with Crippen molar-refractivity contribution in [3.8, 4) is 34.1 Å². The number of hydrogen-bond acceptors (Lipinski definition) is 5. The molecule has 34 heavy (non-hydrogen) atoms. The van der Waals surface area contributed by atoms with E-state index in [9.17, 15) is 0 Å². The number of nitrogens with zero attached hydrogens (tertiary/aromatic N) is 1. The standard InChI is InChI=1S/C28H42N2O4/c1-5-7-9-11-13-19-33-25-21-24(22-15-17-23(31-3)18-16-22)27(28(32-4)26(25)30-29)34-20-14-12-10-8-6-2/h15-18,21,29H,5-14,19-20H2,1-4H3/p+1. The molecule has 0 saturated carbocycles. The van der Waals surface area contributed by atoms with Crippen LogP contribution in [0, 0.1) is 0 Å². The summed E-state index contributed by atoms with van der Waals surface area (Å²) >= 11 is 0. The van der Waals surface area contributed by atoms with E-state index in [1.54, 1.807) is 14.2 Å². The molecule has 0 unspecified atom stereocenters. The normalized spacial score (nSPS) is 10.7. The summed E-state index contributed by atoms with van der Waals surface area (Å²) in [5.41, 5.74) is 8.15. The lowest BCUT2D eigenvalue weighted by atomic mass is 10.0. The monoisotopic (exact) mass is 471 g/mol. The van der Waals surface area contributed by atoms with Crippen LogP contribution in [0.5, 0.6) is 23.0 Å². The first-order chi connectivity index (χ1) is 16.7. The zero-order valence-corrected chi connectivity index (χ0v) is 21.5. The summed E-state index contributed by atoms with van der Waals surface area (Å²) < 4.78 is 23.5. The predicted octanol–water partition coefficient (Wildman–Crippen LogP) is 6.91. The van der Waals surface area contributed by atoms with Crippen LogP contribution in [0.3, 0.4) is 0 Å². The zero-order valence-electron chi connectivity index (χ0n) is 21.5. The predicted molar refractivity (Wildman–Crippen MR) is 138 cm³/mol. The Bertz CT molecular complexity index is 852. The van der Waals surface area contributed by atoms with Crippen LogP contribution in [-0.2, 0) is 0 Å². The molecule has 0 bridgehead atoms. The molecule has 0 fully saturated rings. The first-order valence-electron chi connectivity index (χ1n) is 12.8. The van der Waals surface area contributed by atoms with E-state index in [0.717, 1.165) is 42.6 Å². The maximum atomic E-state index is 6.29. The smallest absolute Gasteiger partial charge is 0.217 e. The van der Waals surface area contributed by atoms with Crippen LogP contribution in [0.2, 0.25) is 0 Å². The summed E-state index contributed by atoms with van der Waals surface area (Å²) in [7, 11) is 3.28. The third-order valence-electron chi connectivity index (χ3n) is 5.91. The average Bonchev–Trinajstić information content (AvgIpc) is 2.87. The van der Waals surface area contributed by atoms with Crippen molar-refractivity contribution in [2.45, 2.75) is 78.1 Å². The van der Waals surface area contributed by atoms with E-state index < -0.39 is 0 Å². The minimum Gasteiger partial charge on any atom is -0.497 e. The van der Waals surface area contributed by atoms with Crippen molar-refractivity contribution in [1.29, 1.82) is 0 Å². The second-order valence-corrected chi connectivity index (χ2v) is 8.52. The van der Waals surface area contributed by atoms with E-state index in [-0.39, 0.29) is 0 Å². The fraction of sp³-hybridized carbons (Fsp3) is 0.571. The highest BCUT2D eigenvalue weighted by Crippen LogP contribution is 2.50. The van der Waals surface area contributed by atoms with Gasteiger partial charge in [0.15, 0.2) is 17.2 Å². The van der Waals surface area contributed by atoms with Crippen molar-refractivity contribution in [1.82, 2.24) is 0 Å². The molecule has 6 nitrogen and oxygen atoms in total. The average molecular weight is 472 g/mol. The molecule has 0 aromatic heterocycles.